The van der Waals surface area contributed by atoms with Crippen LogP contribution in [0.5, 0.6) is 0 Å². The quantitative estimate of drug-likeness (QED) is 0.116. The molecule has 7 aromatic rings. The average molecular weight is 642 g/mol. The lowest BCUT2D eigenvalue weighted by molar-refractivity contribution is 1.35. The Hall–Kier alpha value is -5.20. The predicted molar refractivity (Wildman–Crippen MR) is 206 cm³/mol. The summed E-state index contributed by atoms with van der Waals surface area (Å²) in [6, 6.07) is 64.3. The number of aromatic amines is 1. The molecule has 0 amide bonds. The van der Waals surface area contributed by atoms with Crippen LogP contribution in [0.15, 0.2) is 192 Å². The fourth-order valence-electron chi connectivity index (χ4n) is 5.45. The van der Waals surface area contributed by atoms with E-state index in [0.29, 0.717) is 0 Å². The third-order valence-corrected chi connectivity index (χ3v) is 12.6. The number of nitrogens with one attached hydrogen (secondary N) is 1. The highest BCUT2D eigenvalue weighted by Crippen LogP contribution is 2.34. The number of aromatic nitrogens is 1. The van der Waals surface area contributed by atoms with Crippen LogP contribution in [0.25, 0.3) is 0 Å². The number of rotatable bonds is 10. The van der Waals surface area contributed by atoms with E-state index in [4.69, 9.17) is 9.98 Å². The highest BCUT2D eigenvalue weighted by Gasteiger charge is 2.17. The standard InChI is InChI=1S/C42H33N3P2/c1-5-13-37(14-6-1)46(38-15-7-2-8-16-38)41-27-23-33(24-28-41)43-31-35-21-22-36(45-35)32-44-34-25-29-42(30-26-34)47(39-17-9-3-10-18-39)40-19-11-4-12-20-40/h1-32,45H. The van der Waals surface area contributed by atoms with Gasteiger partial charge in [-0.2, -0.15) is 0 Å². The summed E-state index contributed by atoms with van der Waals surface area (Å²) in [7, 11) is -1.26. The van der Waals surface area contributed by atoms with Gasteiger partial charge in [0.15, 0.2) is 0 Å². The van der Waals surface area contributed by atoms with Crippen molar-refractivity contribution in [1.29, 1.82) is 0 Å². The molecule has 0 bridgehead atoms. The summed E-state index contributed by atoms with van der Waals surface area (Å²) in [6.45, 7) is 0. The second-order valence-electron chi connectivity index (χ2n) is 10.9. The first kappa shape index (κ1) is 30.5. The van der Waals surface area contributed by atoms with E-state index < -0.39 is 15.8 Å². The fraction of sp³-hybridized carbons (Fsp3) is 0. The SMILES string of the molecule is C(=Nc1ccc(P(c2ccccc2)c2ccccc2)cc1)c1ccc(C=Nc2ccc(P(c3ccccc3)c3ccccc3)cc2)[nH]1. The molecule has 0 saturated heterocycles. The maximum atomic E-state index is 4.74. The van der Waals surface area contributed by atoms with Crippen molar-refractivity contribution in [3.63, 3.8) is 0 Å². The van der Waals surface area contributed by atoms with Crippen LogP contribution in [0.2, 0.25) is 0 Å². The van der Waals surface area contributed by atoms with Gasteiger partial charge >= 0.3 is 0 Å². The van der Waals surface area contributed by atoms with E-state index in [2.05, 4.69) is 175 Å². The third-order valence-electron chi connectivity index (χ3n) is 7.71. The summed E-state index contributed by atoms with van der Waals surface area (Å²) in [6.07, 6.45) is 3.74. The van der Waals surface area contributed by atoms with Gasteiger partial charge in [-0.25, -0.2) is 0 Å². The van der Waals surface area contributed by atoms with E-state index in [1.165, 1.54) is 31.8 Å². The van der Waals surface area contributed by atoms with Gasteiger partial charge in [0.2, 0.25) is 0 Å². The summed E-state index contributed by atoms with van der Waals surface area (Å²) in [5.41, 5.74) is 3.69. The molecular formula is C42H33N3P2. The van der Waals surface area contributed by atoms with E-state index in [1.54, 1.807) is 0 Å². The van der Waals surface area contributed by atoms with Crippen molar-refractivity contribution in [3.8, 4) is 0 Å². The van der Waals surface area contributed by atoms with Crippen molar-refractivity contribution >= 4 is 71.5 Å². The second kappa shape index (κ2) is 14.9. The van der Waals surface area contributed by atoms with Crippen LogP contribution in [-0.2, 0) is 0 Å². The van der Waals surface area contributed by atoms with Gasteiger partial charge in [0, 0.05) is 0 Å². The Balaban J connectivity index is 1.03. The molecule has 5 heteroatoms. The smallest absolute Gasteiger partial charge is 0.0630 e. The molecule has 0 spiro atoms. The Morgan fingerprint density at radius 1 is 0.319 bits per heavy atom. The van der Waals surface area contributed by atoms with E-state index in [0.717, 1.165) is 22.8 Å². The first-order chi connectivity index (χ1) is 23.3. The Kier molecular flexibility index (Phi) is 9.67. The molecule has 3 nitrogen and oxygen atoms in total. The Morgan fingerprint density at radius 3 is 0.894 bits per heavy atom. The van der Waals surface area contributed by atoms with Gasteiger partial charge in [0.1, 0.15) is 0 Å². The van der Waals surface area contributed by atoms with E-state index in [9.17, 15) is 0 Å². The lowest BCUT2D eigenvalue weighted by Crippen LogP contribution is -2.20. The number of aliphatic imine (C=N–C) groups is 2. The van der Waals surface area contributed by atoms with Crippen LogP contribution < -0.4 is 31.8 Å². The minimum absolute atomic E-state index is 0.630. The number of hydrogen-bond donors (Lipinski definition) is 1. The van der Waals surface area contributed by atoms with Crippen LogP contribution in [0.1, 0.15) is 11.4 Å². The highest BCUT2D eigenvalue weighted by molar-refractivity contribution is 7.80. The maximum Gasteiger partial charge on any atom is 0.0630 e. The Labute approximate surface area is 279 Å². The summed E-state index contributed by atoms with van der Waals surface area (Å²) < 4.78 is 0. The molecule has 0 fully saturated rings. The molecular weight excluding hydrogens is 608 g/mol. The molecule has 1 aromatic heterocycles. The van der Waals surface area contributed by atoms with Gasteiger partial charge in [-0.05, 0) is 84.1 Å². The largest absolute Gasteiger partial charge is 0.353 e. The van der Waals surface area contributed by atoms with Gasteiger partial charge < -0.3 is 4.98 Å². The summed E-state index contributed by atoms with van der Waals surface area (Å²) in [5, 5.41) is 7.97. The molecule has 0 saturated carbocycles. The van der Waals surface area contributed by atoms with Gasteiger partial charge in [-0.1, -0.05) is 146 Å². The lowest BCUT2D eigenvalue weighted by atomic mass is 10.3. The zero-order chi connectivity index (χ0) is 31.7. The van der Waals surface area contributed by atoms with Gasteiger partial charge in [0.05, 0.1) is 35.2 Å². The summed E-state index contributed by atoms with van der Waals surface area (Å²) in [4.78, 5) is 12.9. The molecule has 0 aliphatic carbocycles. The van der Waals surface area contributed by atoms with E-state index >= 15 is 0 Å². The first-order valence-corrected chi connectivity index (χ1v) is 18.3. The molecule has 0 aliphatic rings. The number of H-pyrrole nitrogens is 1. The number of nitrogens with zero attached hydrogens (tertiary/aromatic N) is 2. The number of benzene rings is 6. The molecule has 0 aliphatic heterocycles. The van der Waals surface area contributed by atoms with Gasteiger partial charge in [0.25, 0.3) is 0 Å². The van der Waals surface area contributed by atoms with Crippen LogP contribution >= 0.6 is 15.8 Å². The summed E-state index contributed by atoms with van der Waals surface area (Å²) in [5.74, 6) is 0. The molecule has 6 aromatic carbocycles. The monoisotopic (exact) mass is 641 g/mol. The average Bonchev–Trinajstić information content (AvgIpc) is 3.61. The highest BCUT2D eigenvalue weighted by atomic mass is 31.1. The lowest BCUT2D eigenvalue weighted by Gasteiger charge is -2.19. The van der Waals surface area contributed by atoms with Crippen LogP contribution in [0.4, 0.5) is 11.4 Å². The number of hydrogen-bond acceptors (Lipinski definition) is 2. The topological polar surface area (TPSA) is 40.5 Å². The first-order valence-electron chi connectivity index (χ1n) is 15.6. The van der Waals surface area contributed by atoms with Crippen molar-refractivity contribution in [2.75, 3.05) is 0 Å². The zero-order valence-corrected chi connectivity index (χ0v) is 27.6. The summed E-state index contributed by atoms with van der Waals surface area (Å²) >= 11 is 0. The van der Waals surface area contributed by atoms with Crippen LogP contribution in [0, 0.1) is 0 Å². The molecule has 0 atom stereocenters. The van der Waals surface area contributed by atoms with Crippen molar-refractivity contribution in [2.45, 2.75) is 0 Å². The fourth-order valence-corrected chi connectivity index (χ4v) is 10.0. The molecule has 7 rings (SSSR count). The molecule has 1 heterocycles. The van der Waals surface area contributed by atoms with Gasteiger partial charge in [-0.3, -0.25) is 9.98 Å². The second-order valence-corrected chi connectivity index (χ2v) is 15.4. The van der Waals surface area contributed by atoms with Crippen molar-refractivity contribution in [1.82, 2.24) is 4.98 Å². The minimum atomic E-state index is -0.630. The minimum Gasteiger partial charge on any atom is -0.353 e. The van der Waals surface area contributed by atoms with E-state index in [-0.39, 0.29) is 0 Å². The molecule has 0 radical (unpaired) electrons. The zero-order valence-electron chi connectivity index (χ0n) is 25.8. The Morgan fingerprint density at radius 2 is 0.596 bits per heavy atom. The molecule has 47 heavy (non-hydrogen) atoms. The Bertz CT molecular complexity index is 1830. The maximum absolute atomic E-state index is 4.74. The van der Waals surface area contributed by atoms with Crippen LogP contribution in [0.3, 0.4) is 0 Å². The van der Waals surface area contributed by atoms with Crippen molar-refractivity contribution in [2.24, 2.45) is 9.98 Å². The third kappa shape index (κ3) is 7.62. The predicted octanol–water partition coefficient (Wildman–Crippen LogP) is 8.03. The normalized spacial score (nSPS) is 11.6. The molecule has 1 N–H and O–H groups in total. The molecule has 226 valence electrons. The molecule has 0 unspecified atom stereocenters. The van der Waals surface area contributed by atoms with Crippen LogP contribution in [-0.4, -0.2) is 17.4 Å². The van der Waals surface area contributed by atoms with Crippen molar-refractivity contribution in [3.05, 3.63) is 193 Å². The van der Waals surface area contributed by atoms with Crippen molar-refractivity contribution < 1.29 is 0 Å². The van der Waals surface area contributed by atoms with Gasteiger partial charge in [-0.15, -0.1) is 0 Å². The van der Waals surface area contributed by atoms with E-state index in [1.807, 2.05) is 24.6 Å².